The van der Waals surface area contributed by atoms with Crippen LogP contribution in [0.15, 0.2) is 12.2 Å². The first-order valence-electron chi connectivity index (χ1n) is 3.10. The van der Waals surface area contributed by atoms with Crippen molar-refractivity contribution in [2.24, 2.45) is 0 Å². The fourth-order valence-electron chi connectivity index (χ4n) is 0.405. The van der Waals surface area contributed by atoms with Crippen LogP contribution >= 0.6 is 11.6 Å². The largest absolute Gasteiger partial charge is 0.460 e. The molecule has 0 aromatic carbocycles. The Hall–Kier alpha value is -0.830. The summed E-state index contributed by atoms with van der Waals surface area (Å²) in [5.41, 5.74) is 0. The number of carbonyl (C=O) groups excluding carboxylic acids is 2. The predicted molar refractivity (Wildman–Crippen MR) is 41.2 cm³/mol. The number of rotatable bonds is 3. The number of carbonyl (C=O) groups is 2. The van der Waals surface area contributed by atoms with Crippen molar-refractivity contribution in [1.29, 1.82) is 0 Å². The summed E-state index contributed by atoms with van der Waals surface area (Å²) in [5.74, 6) is -0.561. The van der Waals surface area contributed by atoms with Gasteiger partial charge in [-0.05, 0) is 25.4 Å². The molecule has 3 nitrogen and oxygen atoms in total. The maximum atomic E-state index is 10.6. The van der Waals surface area contributed by atoms with E-state index >= 15 is 0 Å². The summed E-state index contributed by atoms with van der Waals surface area (Å²) in [6.07, 6.45) is 1.76. The fraction of sp³-hybridized carbons (Fsp3) is 0.429. The van der Waals surface area contributed by atoms with Crippen LogP contribution in [0.3, 0.4) is 0 Å². The van der Waals surface area contributed by atoms with E-state index in [1.165, 1.54) is 0 Å². The molecule has 0 aromatic heterocycles. The van der Waals surface area contributed by atoms with E-state index in [1.54, 1.807) is 13.8 Å². The second-order valence-corrected chi connectivity index (χ2v) is 2.50. The monoisotopic (exact) mass is 176 g/mol. The highest BCUT2D eigenvalue weighted by molar-refractivity contribution is 6.66. The standard InChI is InChI=1S/C7H9ClO3/c1-5(2)11-7(10)4-3-6(8)9/h3-5H,1-2H3. The lowest BCUT2D eigenvalue weighted by Crippen LogP contribution is -2.08. The smallest absolute Gasteiger partial charge is 0.331 e. The van der Waals surface area contributed by atoms with Crippen LogP contribution in [-0.4, -0.2) is 17.3 Å². The zero-order valence-corrected chi connectivity index (χ0v) is 7.09. The molecule has 0 saturated carbocycles. The summed E-state index contributed by atoms with van der Waals surface area (Å²) in [4.78, 5) is 20.7. The molecule has 0 spiro atoms. The molecule has 0 N–H and O–H groups in total. The zero-order valence-electron chi connectivity index (χ0n) is 6.33. The minimum atomic E-state index is -0.689. The Morgan fingerprint density at radius 2 is 1.91 bits per heavy atom. The highest BCUT2D eigenvalue weighted by Gasteiger charge is 1.99. The molecule has 11 heavy (non-hydrogen) atoms. The van der Waals surface area contributed by atoms with Crippen molar-refractivity contribution in [3.8, 4) is 0 Å². The molecule has 0 aliphatic heterocycles. The quantitative estimate of drug-likeness (QED) is 0.369. The first kappa shape index (κ1) is 10.2. The van der Waals surface area contributed by atoms with Crippen molar-refractivity contribution in [3.05, 3.63) is 12.2 Å². The van der Waals surface area contributed by atoms with Crippen LogP contribution in [0.25, 0.3) is 0 Å². The van der Waals surface area contributed by atoms with Crippen LogP contribution in [0.5, 0.6) is 0 Å². The van der Waals surface area contributed by atoms with E-state index < -0.39 is 11.2 Å². The van der Waals surface area contributed by atoms with Crippen LogP contribution in [0.4, 0.5) is 0 Å². The molecule has 0 radical (unpaired) electrons. The molecule has 4 heteroatoms. The minimum Gasteiger partial charge on any atom is -0.460 e. The summed E-state index contributed by atoms with van der Waals surface area (Å²) in [6, 6.07) is 0. The van der Waals surface area contributed by atoms with Gasteiger partial charge in [-0.15, -0.1) is 0 Å². The summed E-state index contributed by atoms with van der Waals surface area (Å²) in [7, 11) is 0. The number of allylic oxidation sites excluding steroid dienone is 1. The van der Waals surface area contributed by atoms with Crippen molar-refractivity contribution >= 4 is 22.8 Å². The number of hydrogen-bond donors (Lipinski definition) is 0. The van der Waals surface area contributed by atoms with E-state index in [9.17, 15) is 9.59 Å². The van der Waals surface area contributed by atoms with E-state index in [4.69, 9.17) is 11.6 Å². The third kappa shape index (κ3) is 7.06. The van der Waals surface area contributed by atoms with Crippen LogP contribution < -0.4 is 0 Å². The molecular formula is C7H9ClO3. The lowest BCUT2D eigenvalue weighted by atomic mass is 10.4. The summed E-state index contributed by atoms with van der Waals surface area (Å²) >= 11 is 4.92. The van der Waals surface area contributed by atoms with Crippen molar-refractivity contribution in [3.63, 3.8) is 0 Å². The highest BCUT2D eigenvalue weighted by atomic mass is 35.5. The van der Waals surface area contributed by atoms with Crippen LogP contribution in [0.2, 0.25) is 0 Å². The topological polar surface area (TPSA) is 43.4 Å². The van der Waals surface area contributed by atoms with Gasteiger partial charge in [0, 0.05) is 12.2 Å². The molecule has 0 unspecified atom stereocenters. The maximum Gasteiger partial charge on any atom is 0.331 e. The van der Waals surface area contributed by atoms with Gasteiger partial charge in [0.15, 0.2) is 0 Å². The van der Waals surface area contributed by atoms with E-state index in [0.717, 1.165) is 12.2 Å². The molecule has 0 aliphatic carbocycles. The molecule has 0 aromatic rings. The fourth-order valence-corrected chi connectivity index (χ4v) is 0.468. The number of halogens is 1. The third-order valence-corrected chi connectivity index (χ3v) is 0.828. The number of esters is 1. The molecule has 0 saturated heterocycles. The Balaban J connectivity index is 3.78. The van der Waals surface area contributed by atoms with Gasteiger partial charge in [-0.3, -0.25) is 4.79 Å². The molecular weight excluding hydrogens is 168 g/mol. The molecule has 0 amide bonds. The lowest BCUT2D eigenvalue weighted by molar-refractivity contribution is -0.141. The normalized spacial score (nSPS) is 10.5. The molecule has 0 rings (SSSR count). The Labute approximate surface area is 70.0 Å². The lowest BCUT2D eigenvalue weighted by Gasteiger charge is -2.02. The van der Waals surface area contributed by atoms with Gasteiger partial charge in [0.1, 0.15) is 0 Å². The Kier molecular flexibility index (Phi) is 4.54. The van der Waals surface area contributed by atoms with Gasteiger partial charge in [-0.25, -0.2) is 4.79 Å². The first-order chi connectivity index (χ1) is 5.02. The van der Waals surface area contributed by atoms with Crippen LogP contribution in [0, 0.1) is 0 Å². The Morgan fingerprint density at radius 1 is 1.36 bits per heavy atom. The molecule has 62 valence electrons. The first-order valence-corrected chi connectivity index (χ1v) is 3.48. The maximum absolute atomic E-state index is 10.6. The van der Waals surface area contributed by atoms with E-state index in [2.05, 4.69) is 4.74 Å². The van der Waals surface area contributed by atoms with Gasteiger partial charge in [0.05, 0.1) is 6.10 Å². The van der Waals surface area contributed by atoms with Crippen LogP contribution in [0.1, 0.15) is 13.8 Å². The van der Waals surface area contributed by atoms with E-state index in [1.807, 2.05) is 0 Å². The van der Waals surface area contributed by atoms with Gasteiger partial charge in [0.25, 0.3) is 0 Å². The predicted octanol–water partition coefficient (Wildman–Crippen LogP) is 1.26. The highest BCUT2D eigenvalue weighted by Crippen LogP contribution is 1.91. The molecule has 0 fully saturated rings. The average Bonchev–Trinajstić information content (AvgIpc) is 1.82. The van der Waals surface area contributed by atoms with Crippen molar-refractivity contribution in [2.75, 3.05) is 0 Å². The molecule has 0 aliphatic rings. The van der Waals surface area contributed by atoms with Crippen LogP contribution in [-0.2, 0) is 14.3 Å². The SMILES string of the molecule is CC(C)OC(=O)C=CC(=O)Cl. The zero-order chi connectivity index (χ0) is 8.85. The van der Waals surface area contributed by atoms with Crippen molar-refractivity contribution < 1.29 is 14.3 Å². The number of hydrogen-bond acceptors (Lipinski definition) is 3. The number of ether oxygens (including phenoxy) is 1. The third-order valence-electron chi connectivity index (χ3n) is 0.702. The molecule has 0 atom stereocenters. The Morgan fingerprint density at radius 3 is 2.27 bits per heavy atom. The van der Waals surface area contributed by atoms with E-state index in [0.29, 0.717) is 0 Å². The average molecular weight is 177 g/mol. The second-order valence-electron chi connectivity index (χ2n) is 2.12. The minimum absolute atomic E-state index is 0.183. The summed E-state index contributed by atoms with van der Waals surface area (Å²) < 4.78 is 4.66. The van der Waals surface area contributed by atoms with Crippen molar-refractivity contribution in [1.82, 2.24) is 0 Å². The Bertz CT molecular complexity index is 184. The van der Waals surface area contributed by atoms with Gasteiger partial charge in [-0.1, -0.05) is 0 Å². The summed E-state index contributed by atoms with van der Waals surface area (Å²) in [6.45, 7) is 3.43. The summed E-state index contributed by atoms with van der Waals surface area (Å²) in [5, 5.41) is -0.689. The second kappa shape index (κ2) is 4.91. The van der Waals surface area contributed by atoms with Gasteiger partial charge < -0.3 is 4.74 Å². The van der Waals surface area contributed by atoms with Crippen molar-refractivity contribution in [2.45, 2.75) is 20.0 Å². The van der Waals surface area contributed by atoms with Gasteiger partial charge in [-0.2, -0.15) is 0 Å². The van der Waals surface area contributed by atoms with Gasteiger partial charge in [0.2, 0.25) is 5.24 Å². The molecule has 0 bridgehead atoms. The van der Waals surface area contributed by atoms with Gasteiger partial charge >= 0.3 is 5.97 Å². The van der Waals surface area contributed by atoms with E-state index in [-0.39, 0.29) is 6.10 Å². The molecule has 0 heterocycles.